The lowest BCUT2D eigenvalue weighted by Crippen LogP contribution is -1.89. The topological polar surface area (TPSA) is 71.8 Å². The Morgan fingerprint density at radius 2 is 2.00 bits per heavy atom. The lowest BCUT2D eigenvalue weighted by molar-refractivity contribution is -0.384. The Balaban J connectivity index is 2.49. The fourth-order valence-corrected chi connectivity index (χ4v) is 1.24. The van der Waals surface area contributed by atoms with Gasteiger partial charge in [-0.15, -0.1) is 0 Å². The van der Waals surface area contributed by atoms with Crippen molar-refractivity contribution in [1.29, 1.82) is 0 Å². The summed E-state index contributed by atoms with van der Waals surface area (Å²) in [5.41, 5.74) is 0.589. The summed E-state index contributed by atoms with van der Waals surface area (Å²) in [4.78, 5) is 10.1. The van der Waals surface area contributed by atoms with Crippen LogP contribution in [0.25, 0.3) is 11.3 Å². The number of aromatic amines is 1. The number of benzene rings is 1. The van der Waals surface area contributed by atoms with Gasteiger partial charge < -0.3 is 0 Å². The summed E-state index contributed by atoms with van der Waals surface area (Å²) in [6, 6.07) is 5.35. The van der Waals surface area contributed by atoms with Crippen molar-refractivity contribution in [2.45, 2.75) is 0 Å². The highest BCUT2D eigenvalue weighted by Crippen LogP contribution is 2.26. The first-order valence-electron chi connectivity index (χ1n) is 4.12. The summed E-state index contributed by atoms with van der Waals surface area (Å²) in [5, 5.41) is 16.8. The van der Waals surface area contributed by atoms with Crippen molar-refractivity contribution in [2.24, 2.45) is 0 Å². The number of nitro groups is 1. The number of hydrogen-bond acceptors (Lipinski definition) is 3. The second-order valence-corrected chi connectivity index (χ2v) is 2.88. The fraction of sp³-hybridized carbons (Fsp3) is 0. The molecular weight excluding hydrogens is 201 g/mol. The van der Waals surface area contributed by atoms with Gasteiger partial charge in [-0.05, 0) is 24.3 Å². The highest BCUT2D eigenvalue weighted by molar-refractivity contribution is 5.68. The van der Waals surface area contributed by atoms with Gasteiger partial charge in [-0.25, -0.2) is 4.39 Å². The zero-order valence-corrected chi connectivity index (χ0v) is 7.48. The maximum absolute atomic E-state index is 12.6. The summed E-state index contributed by atoms with van der Waals surface area (Å²) < 4.78 is 12.6. The Bertz CT molecular complexity index is 492. The van der Waals surface area contributed by atoms with E-state index < -0.39 is 10.7 Å². The molecule has 5 nitrogen and oxygen atoms in total. The Kier molecular flexibility index (Phi) is 2.17. The van der Waals surface area contributed by atoms with Crippen LogP contribution in [0.5, 0.6) is 0 Å². The van der Waals surface area contributed by atoms with Crippen LogP contribution in [0, 0.1) is 15.9 Å². The molecule has 1 aromatic carbocycles. The van der Waals surface area contributed by atoms with E-state index in [1.807, 2.05) is 0 Å². The van der Waals surface area contributed by atoms with E-state index in [0.29, 0.717) is 5.56 Å². The molecule has 2 rings (SSSR count). The zero-order chi connectivity index (χ0) is 10.8. The Hall–Kier alpha value is -2.24. The molecular formula is C9H6FN3O2. The third-order valence-electron chi connectivity index (χ3n) is 1.93. The fourth-order valence-electron chi connectivity index (χ4n) is 1.24. The van der Waals surface area contributed by atoms with Gasteiger partial charge in [0, 0.05) is 5.56 Å². The van der Waals surface area contributed by atoms with Gasteiger partial charge in [0.05, 0.1) is 4.92 Å². The third kappa shape index (κ3) is 1.69. The van der Waals surface area contributed by atoms with E-state index in [1.54, 1.807) is 0 Å². The van der Waals surface area contributed by atoms with Crippen LogP contribution in [-0.4, -0.2) is 15.1 Å². The predicted octanol–water partition coefficient (Wildman–Crippen LogP) is 2.12. The van der Waals surface area contributed by atoms with Gasteiger partial charge in [0.2, 0.25) is 0 Å². The molecule has 0 saturated carbocycles. The maximum atomic E-state index is 12.6. The van der Waals surface area contributed by atoms with Gasteiger partial charge in [0.1, 0.15) is 12.0 Å². The molecule has 0 atom stereocenters. The standard InChI is InChI=1S/C9H6FN3O2/c10-7-3-1-6(2-4-7)9-8(13(14)15)5-11-12-9/h1-5H,(H,11,12). The first-order valence-corrected chi connectivity index (χ1v) is 4.12. The van der Waals surface area contributed by atoms with Gasteiger partial charge >= 0.3 is 5.69 Å². The molecule has 15 heavy (non-hydrogen) atoms. The molecule has 76 valence electrons. The molecule has 0 saturated heterocycles. The van der Waals surface area contributed by atoms with E-state index in [2.05, 4.69) is 10.2 Å². The average Bonchev–Trinajstić information content (AvgIpc) is 2.67. The molecule has 1 heterocycles. The molecule has 0 aliphatic heterocycles. The Labute approximate surface area is 83.7 Å². The molecule has 0 bridgehead atoms. The number of nitrogens with one attached hydrogen (secondary N) is 1. The van der Waals surface area contributed by atoms with Gasteiger partial charge in [-0.2, -0.15) is 5.10 Å². The first-order chi connectivity index (χ1) is 7.18. The average molecular weight is 207 g/mol. The molecule has 0 amide bonds. The molecule has 0 unspecified atom stereocenters. The van der Waals surface area contributed by atoms with Crippen LogP contribution in [0.4, 0.5) is 10.1 Å². The number of aromatic nitrogens is 2. The Morgan fingerprint density at radius 1 is 1.33 bits per heavy atom. The third-order valence-corrected chi connectivity index (χ3v) is 1.93. The van der Waals surface area contributed by atoms with E-state index >= 15 is 0 Å². The van der Waals surface area contributed by atoms with Crippen LogP contribution in [-0.2, 0) is 0 Å². The van der Waals surface area contributed by atoms with Crippen molar-refractivity contribution >= 4 is 5.69 Å². The van der Waals surface area contributed by atoms with Crippen LogP contribution in [0.3, 0.4) is 0 Å². The highest BCUT2D eigenvalue weighted by Gasteiger charge is 2.17. The molecule has 2 aromatic rings. The van der Waals surface area contributed by atoms with Gasteiger partial charge in [0.25, 0.3) is 0 Å². The SMILES string of the molecule is O=[N+]([O-])c1c[nH]nc1-c1ccc(F)cc1. The van der Waals surface area contributed by atoms with Crippen LogP contribution < -0.4 is 0 Å². The van der Waals surface area contributed by atoms with Crippen molar-refractivity contribution in [3.05, 3.63) is 46.4 Å². The van der Waals surface area contributed by atoms with E-state index in [9.17, 15) is 14.5 Å². The molecule has 0 spiro atoms. The summed E-state index contributed by atoms with van der Waals surface area (Å²) in [6.45, 7) is 0. The summed E-state index contributed by atoms with van der Waals surface area (Å²) in [6.07, 6.45) is 1.19. The highest BCUT2D eigenvalue weighted by atomic mass is 19.1. The van der Waals surface area contributed by atoms with Crippen LogP contribution in [0.15, 0.2) is 30.5 Å². The van der Waals surface area contributed by atoms with Crippen molar-refractivity contribution < 1.29 is 9.31 Å². The van der Waals surface area contributed by atoms with Crippen molar-refractivity contribution in [3.63, 3.8) is 0 Å². The molecule has 1 aromatic heterocycles. The van der Waals surface area contributed by atoms with Crippen molar-refractivity contribution in [1.82, 2.24) is 10.2 Å². The largest absolute Gasteiger partial charge is 0.314 e. The number of nitrogens with zero attached hydrogens (tertiary/aromatic N) is 2. The lowest BCUT2D eigenvalue weighted by atomic mass is 10.1. The summed E-state index contributed by atoms with van der Waals surface area (Å²) >= 11 is 0. The molecule has 0 radical (unpaired) electrons. The molecule has 0 fully saturated rings. The van der Waals surface area contributed by atoms with E-state index in [4.69, 9.17) is 0 Å². The van der Waals surface area contributed by atoms with Crippen LogP contribution in [0.1, 0.15) is 0 Å². The molecule has 6 heteroatoms. The number of rotatable bonds is 2. The quantitative estimate of drug-likeness (QED) is 0.605. The minimum Gasteiger partial charge on any atom is -0.278 e. The summed E-state index contributed by atoms with van der Waals surface area (Å²) in [5.74, 6) is -0.392. The predicted molar refractivity (Wildman–Crippen MR) is 50.6 cm³/mol. The number of halogens is 1. The van der Waals surface area contributed by atoms with E-state index in [1.165, 1.54) is 30.5 Å². The van der Waals surface area contributed by atoms with Crippen molar-refractivity contribution in [2.75, 3.05) is 0 Å². The minimum atomic E-state index is -0.539. The second kappa shape index (κ2) is 3.49. The number of H-pyrrole nitrogens is 1. The van der Waals surface area contributed by atoms with Crippen molar-refractivity contribution in [3.8, 4) is 11.3 Å². The van der Waals surface area contributed by atoms with Gasteiger partial charge in [0.15, 0.2) is 5.69 Å². The molecule has 0 aliphatic carbocycles. The first kappa shape index (κ1) is 9.32. The lowest BCUT2D eigenvalue weighted by Gasteiger charge is -1.95. The zero-order valence-electron chi connectivity index (χ0n) is 7.48. The normalized spacial score (nSPS) is 10.2. The molecule has 1 N–H and O–H groups in total. The van der Waals surface area contributed by atoms with Gasteiger partial charge in [-0.3, -0.25) is 15.2 Å². The summed E-state index contributed by atoms with van der Waals surface area (Å²) in [7, 11) is 0. The van der Waals surface area contributed by atoms with E-state index in [0.717, 1.165) is 0 Å². The minimum absolute atomic E-state index is 0.124. The monoisotopic (exact) mass is 207 g/mol. The van der Waals surface area contributed by atoms with E-state index in [-0.39, 0.29) is 11.4 Å². The smallest absolute Gasteiger partial charge is 0.278 e. The second-order valence-electron chi connectivity index (χ2n) is 2.88. The van der Waals surface area contributed by atoms with Crippen LogP contribution >= 0.6 is 0 Å². The number of hydrogen-bond donors (Lipinski definition) is 1. The molecule has 0 aliphatic rings. The maximum Gasteiger partial charge on any atom is 0.314 e. The van der Waals surface area contributed by atoms with Gasteiger partial charge in [-0.1, -0.05) is 0 Å². The Morgan fingerprint density at radius 3 is 2.60 bits per heavy atom. The van der Waals surface area contributed by atoms with Crippen LogP contribution in [0.2, 0.25) is 0 Å².